The Bertz CT molecular complexity index is 507. The van der Waals surface area contributed by atoms with Gasteiger partial charge in [0.25, 0.3) is 5.69 Å². The van der Waals surface area contributed by atoms with Gasteiger partial charge in [0.1, 0.15) is 17.6 Å². The Morgan fingerprint density at radius 1 is 1.65 bits per heavy atom. The summed E-state index contributed by atoms with van der Waals surface area (Å²) in [7, 11) is 0. The Hall–Kier alpha value is -1.87. The van der Waals surface area contributed by atoms with E-state index in [9.17, 15) is 20.0 Å². The smallest absolute Gasteiger partial charge is 0.339 e. The first-order chi connectivity index (χ1) is 9.40. The largest absolute Gasteiger partial charge is 0.478 e. The van der Waals surface area contributed by atoms with Crippen molar-refractivity contribution in [3.05, 3.63) is 27.9 Å². The molecule has 1 heterocycles. The zero-order valence-electron chi connectivity index (χ0n) is 10.9. The summed E-state index contributed by atoms with van der Waals surface area (Å²) in [6.45, 7) is 1.69. The average molecular weight is 301 g/mol. The van der Waals surface area contributed by atoms with Crippen LogP contribution >= 0.6 is 11.8 Å². The van der Waals surface area contributed by atoms with Crippen LogP contribution in [0.2, 0.25) is 0 Å². The van der Waals surface area contributed by atoms with Crippen molar-refractivity contribution in [2.45, 2.75) is 18.2 Å². The molecule has 110 valence electrons. The van der Waals surface area contributed by atoms with Crippen LogP contribution in [-0.2, 0) is 0 Å². The van der Waals surface area contributed by atoms with Crippen molar-refractivity contribution in [2.24, 2.45) is 0 Å². The van der Waals surface area contributed by atoms with E-state index in [2.05, 4.69) is 10.3 Å². The molecule has 0 aliphatic carbocycles. The number of aliphatic hydroxyl groups is 1. The Labute approximate surface area is 119 Å². The fourth-order valence-electron chi connectivity index (χ4n) is 1.58. The predicted octanol–water partition coefficient (Wildman–Crippen LogP) is 1.21. The van der Waals surface area contributed by atoms with E-state index in [0.717, 1.165) is 12.3 Å². The third-order valence-electron chi connectivity index (χ3n) is 2.72. The van der Waals surface area contributed by atoms with E-state index in [0.29, 0.717) is 0 Å². The van der Waals surface area contributed by atoms with Gasteiger partial charge in [-0.1, -0.05) is 0 Å². The highest BCUT2D eigenvalue weighted by Crippen LogP contribution is 2.22. The summed E-state index contributed by atoms with van der Waals surface area (Å²) in [6, 6.07) is 0.708. The normalized spacial score (nSPS) is 13.6. The van der Waals surface area contributed by atoms with E-state index >= 15 is 0 Å². The number of carbonyl (C=O) groups is 1. The Morgan fingerprint density at radius 3 is 2.75 bits per heavy atom. The number of rotatable bonds is 7. The summed E-state index contributed by atoms with van der Waals surface area (Å²) in [5, 5.41) is 31.6. The summed E-state index contributed by atoms with van der Waals surface area (Å²) >= 11 is 1.42. The maximum atomic E-state index is 11.1. The van der Waals surface area contributed by atoms with Gasteiger partial charge >= 0.3 is 5.97 Å². The molecule has 8 nitrogen and oxygen atoms in total. The van der Waals surface area contributed by atoms with Crippen molar-refractivity contribution in [1.82, 2.24) is 4.98 Å². The lowest BCUT2D eigenvalue weighted by atomic mass is 10.2. The first-order valence-corrected chi connectivity index (χ1v) is 6.97. The van der Waals surface area contributed by atoms with Crippen molar-refractivity contribution < 1.29 is 19.9 Å². The summed E-state index contributed by atoms with van der Waals surface area (Å²) in [6.07, 6.45) is 2.81. The first-order valence-electron chi connectivity index (χ1n) is 5.68. The molecule has 0 saturated heterocycles. The number of nitrogens with zero attached hydrogens (tertiary/aromatic N) is 2. The summed E-state index contributed by atoms with van der Waals surface area (Å²) < 4.78 is 0. The third kappa shape index (κ3) is 3.81. The third-order valence-corrected chi connectivity index (χ3v) is 3.88. The van der Waals surface area contributed by atoms with Gasteiger partial charge in [0.2, 0.25) is 0 Å². The maximum Gasteiger partial charge on any atom is 0.339 e. The number of thioether (sulfide) groups is 1. The number of aromatic carboxylic acids is 1. The van der Waals surface area contributed by atoms with Gasteiger partial charge in [-0.2, -0.15) is 11.8 Å². The fourth-order valence-corrected chi connectivity index (χ4v) is 2.20. The van der Waals surface area contributed by atoms with Gasteiger partial charge in [0, 0.05) is 17.4 Å². The van der Waals surface area contributed by atoms with Crippen LogP contribution in [-0.4, -0.2) is 50.2 Å². The van der Waals surface area contributed by atoms with Gasteiger partial charge in [0.15, 0.2) is 0 Å². The molecule has 20 heavy (non-hydrogen) atoms. The lowest BCUT2D eigenvalue weighted by Crippen LogP contribution is -2.32. The SMILES string of the molecule is CSC(CO)C(C)Nc1ncc([N+](=O)[O-])cc1C(=O)O. The first kappa shape index (κ1) is 16.2. The van der Waals surface area contributed by atoms with Crippen molar-refractivity contribution in [1.29, 1.82) is 0 Å². The molecule has 0 aromatic carbocycles. The molecule has 0 radical (unpaired) electrons. The lowest BCUT2D eigenvalue weighted by molar-refractivity contribution is -0.385. The van der Waals surface area contributed by atoms with Crippen molar-refractivity contribution in [3.63, 3.8) is 0 Å². The summed E-state index contributed by atoms with van der Waals surface area (Å²) in [5.74, 6) is -1.26. The van der Waals surface area contributed by atoms with Crippen molar-refractivity contribution >= 4 is 29.2 Å². The van der Waals surface area contributed by atoms with Crippen LogP contribution < -0.4 is 5.32 Å². The second kappa shape index (κ2) is 7.06. The molecule has 0 spiro atoms. The van der Waals surface area contributed by atoms with Crippen LogP contribution in [0.5, 0.6) is 0 Å². The van der Waals surface area contributed by atoms with E-state index < -0.39 is 10.9 Å². The number of nitro groups is 1. The molecule has 1 rings (SSSR count). The highest BCUT2D eigenvalue weighted by Gasteiger charge is 2.21. The van der Waals surface area contributed by atoms with Crippen LogP contribution in [0.1, 0.15) is 17.3 Å². The van der Waals surface area contributed by atoms with Crippen molar-refractivity contribution in [3.8, 4) is 0 Å². The Balaban J connectivity index is 3.06. The molecule has 0 bridgehead atoms. The van der Waals surface area contributed by atoms with E-state index in [1.165, 1.54) is 11.8 Å². The molecule has 2 unspecified atom stereocenters. The van der Waals surface area contributed by atoms with Gasteiger partial charge in [0.05, 0.1) is 11.5 Å². The number of carboxylic acids is 1. The van der Waals surface area contributed by atoms with E-state index in [1.54, 1.807) is 6.92 Å². The predicted molar refractivity (Wildman–Crippen MR) is 75.3 cm³/mol. The highest BCUT2D eigenvalue weighted by atomic mass is 32.2. The molecular formula is C11H15N3O5S. The number of aliphatic hydroxyl groups excluding tert-OH is 1. The van der Waals surface area contributed by atoms with Gasteiger partial charge in [-0.15, -0.1) is 0 Å². The van der Waals surface area contributed by atoms with Gasteiger partial charge in [-0.25, -0.2) is 9.78 Å². The Kier molecular flexibility index (Phi) is 5.71. The molecule has 1 aromatic rings. The van der Waals surface area contributed by atoms with Gasteiger partial charge in [-0.05, 0) is 13.2 Å². The molecule has 9 heteroatoms. The van der Waals surface area contributed by atoms with Crippen LogP contribution in [0.4, 0.5) is 11.5 Å². The summed E-state index contributed by atoms with van der Waals surface area (Å²) in [5.41, 5.74) is -0.659. The molecule has 0 fully saturated rings. The number of hydrogen-bond donors (Lipinski definition) is 3. The molecule has 0 saturated carbocycles. The highest BCUT2D eigenvalue weighted by molar-refractivity contribution is 7.99. The lowest BCUT2D eigenvalue weighted by Gasteiger charge is -2.22. The van der Waals surface area contributed by atoms with Gasteiger partial charge in [-0.3, -0.25) is 10.1 Å². The number of pyridine rings is 1. The maximum absolute atomic E-state index is 11.1. The van der Waals surface area contributed by atoms with E-state index in [4.69, 9.17) is 5.11 Å². The van der Waals surface area contributed by atoms with Crippen LogP contribution in [0.3, 0.4) is 0 Å². The van der Waals surface area contributed by atoms with Crippen LogP contribution in [0.25, 0.3) is 0 Å². The molecule has 2 atom stereocenters. The molecule has 0 aliphatic heterocycles. The van der Waals surface area contributed by atoms with Crippen LogP contribution in [0, 0.1) is 10.1 Å². The van der Waals surface area contributed by atoms with E-state index in [1.807, 2.05) is 6.26 Å². The van der Waals surface area contributed by atoms with Gasteiger partial charge < -0.3 is 15.5 Å². The summed E-state index contributed by atoms with van der Waals surface area (Å²) in [4.78, 5) is 24.8. The topological polar surface area (TPSA) is 126 Å². The van der Waals surface area contributed by atoms with Crippen molar-refractivity contribution in [2.75, 3.05) is 18.2 Å². The zero-order chi connectivity index (χ0) is 15.3. The number of hydrogen-bond acceptors (Lipinski definition) is 7. The minimum absolute atomic E-state index is 0.0445. The number of anilines is 1. The zero-order valence-corrected chi connectivity index (χ0v) is 11.8. The standard InChI is InChI=1S/C11H15N3O5S/c1-6(9(5-15)20-2)13-10-8(11(16)17)3-7(4-12-10)14(18)19/h3-4,6,9,15H,5H2,1-2H3,(H,12,13)(H,16,17). The fraction of sp³-hybridized carbons (Fsp3) is 0.455. The molecule has 0 amide bonds. The van der Waals surface area contributed by atoms with Crippen LogP contribution in [0.15, 0.2) is 12.3 Å². The average Bonchev–Trinajstić information content (AvgIpc) is 2.39. The number of aromatic nitrogens is 1. The minimum Gasteiger partial charge on any atom is -0.478 e. The quantitative estimate of drug-likeness (QED) is 0.507. The second-order valence-electron chi connectivity index (χ2n) is 4.04. The molecule has 1 aromatic heterocycles. The Morgan fingerprint density at radius 2 is 2.30 bits per heavy atom. The molecular weight excluding hydrogens is 286 g/mol. The minimum atomic E-state index is -1.30. The number of nitrogens with one attached hydrogen (secondary N) is 1. The monoisotopic (exact) mass is 301 g/mol. The second-order valence-corrected chi connectivity index (χ2v) is 5.12. The molecule has 3 N–H and O–H groups in total. The number of carboxylic acid groups (broad SMARTS) is 1. The molecule has 0 aliphatic rings. The van der Waals surface area contributed by atoms with E-state index in [-0.39, 0.29) is 35.0 Å².